The molecular formula is C17H23N3O7. The van der Waals surface area contributed by atoms with Gasteiger partial charge in [-0.05, 0) is 12.0 Å². The highest BCUT2D eigenvalue weighted by Crippen LogP contribution is 2.04. The fourth-order valence-corrected chi connectivity index (χ4v) is 2.21. The zero-order valence-corrected chi connectivity index (χ0v) is 14.5. The molecule has 1 aromatic carbocycles. The zero-order valence-electron chi connectivity index (χ0n) is 14.5. The number of carbonyl (C=O) groups excluding carboxylic acids is 2. The van der Waals surface area contributed by atoms with E-state index in [1.165, 1.54) is 0 Å². The Kier molecular flexibility index (Phi) is 8.90. The van der Waals surface area contributed by atoms with E-state index in [1.807, 2.05) is 0 Å². The Bertz CT molecular complexity index is 666. The smallest absolute Gasteiger partial charge is 0.326 e. The van der Waals surface area contributed by atoms with E-state index in [4.69, 9.17) is 10.8 Å². The van der Waals surface area contributed by atoms with E-state index in [0.717, 1.165) is 0 Å². The lowest BCUT2D eigenvalue weighted by atomic mass is 10.1. The Hall–Kier alpha value is -2.98. The van der Waals surface area contributed by atoms with Gasteiger partial charge in [-0.2, -0.15) is 0 Å². The van der Waals surface area contributed by atoms with Crippen LogP contribution < -0.4 is 16.4 Å². The van der Waals surface area contributed by atoms with Crippen LogP contribution in [0.3, 0.4) is 0 Å². The second kappa shape index (κ2) is 10.9. The molecule has 1 rings (SSSR count). The number of aliphatic hydroxyl groups is 1. The molecular weight excluding hydrogens is 358 g/mol. The van der Waals surface area contributed by atoms with Crippen LogP contribution in [0.5, 0.6) is 0 Å². The van der Waals surface area contributed by atoms with Gasteiger partial charge < -0.3 is 31.7 Å². The highest BCUT2D eigenvalue weighted by Gasteiger charge is 2.27. The second-order valence-electron chi connectivity index (χ2n) is 5.87. The third kappa shape index (κ3) is 7.84. The lowest BCUT2D eigenvalue weighted by Gasteiger charge is -2.21. The molecule has 0 aliphatic carbocycles. The number of rotatable bonds is 11. The van der Waals surface area contributed by atoms with Crippen molar-refractivity contribution in [2.75, 3.05) is 6.61 Å². The molecule has 0 radical (unpaired) electrons. The number of benzene rings is 1. The van der Waals surface area contributed by atoms with Crippen molar-refractivity contribution in [1.82, 2.24) is 10.6 Å². The minimum Gasteiger partial charge on any atom is -0.481 e. The molecule has 3 atom stereocenters. The average Bonchev–Trinajstić information content (AvgIpc) is 2.63. The number of aliphatic hydroxyl groups excluding tert-OH is 1. The third-order valence-corrected chi connectivity index (χ3v) is 3.72. The van der Waals surface area contributed by atoms with Crippen LogP contribution in [0.25, 0.3) is 0 Å². The summed E-state index contributed by atoms with van der Waals surface area (Å²) in [6.45, 7) is -0.777. The summed E-state index contributed by atoms with van der Waals surface area (Å²) in [4.78, 5) is 46.0. The summed E-state index contributed by atoms with van der Waals surface area (Å²) in [5, 5.41) is 31.7. The first-order valence-corrected chi connectivity index (χ1v) is 8.20. The third-order valence-electron chi connectivity index (χ3n) is 3.72. The van der Waals surface area contributed by atoms with Crippen molar-refractivity contribution in [2.45, 2.75) is 37.4 Å². The van der Waals surface area contributed by atoms with Crippen molar-refractivity contribution in [2.24, 2.45) is 5.73 Å². The van der Waals surface area contributed by atoms with E-state index in [0.29, 0.717) is 5.56 Å². The summed E-state index contributed by atoms with van der Waals surface area (Å²) in [7, 11) is 0. The molecule has 0 aliphatic rings. The molecule has 148 valence electrons. The SMILES string of the molecule is N[C@@H](CCC(=O)O)C(=O)N[C@@H](CO)C(=O)N[C@H](Cc1ccccc1)C(=O)O. The van der Waals surface area contributed by atoms with E-state index in [2.05, 4.69) is 10.6 Å². The standard InChI is InChI=1S/C17H23N3O7/c18-11(6-7-14(22)23)15(24)20-13(9-21)16(25)19-12(17(26)27)8-10-4-2-1-3-5-10/h1-5,11-13,21H,6-9,18H2,(H,19,25)(H,20,24)(H,22,23)(H,26,27)/t11-,12+,13-/m0/s1. The molecule has 7 N–H and O–H groups in total. The number of carboxylic acid groups (broad SMARTS) is 2. The van der Waals surface area contributed by atoms with Gasteiger partial charge in [-0.1, -0.05) is 30.3 Å². The number of hydrogen-bond acceptors (Lipinski definition) is 6. The maximum Gasteiger partial charge on any atom is 0.326 e. The van der Waals surface area contributed by atoms with Gasteiger partial charge in [0.25, 0.3) is 0 Å². The van der Waals surface area contributed by atoms with Gasteiger partial charge in [0, 0.05) is 12.8 Å². The fraction of sp³-hybridized carbons (Fsp3) is 0.412. The largest absolute Gasteiger partial charge is 0.481 e. The first-order valence-electron chi connectivity index (χ1n) is 8.20. The second-order valence-corrected chi connectivity index (χ2v) is 5.87. The molecule has 0 aromatic heterocycles. The molecule has 10 heteroatoms. The molecule has 0 heterocycles. The minimum atomic E-state index is -1.41. The highest BCUT2D eigenvalue weighted by atomic mass is 16.4. The number of carboxylic acids is 2. The number of hydrogen-bond donors (Lipinski definition) is 6. The van der Waals surface area contributed by atoms with Crippen LogP contribution in [0.4, 0.5) is 0 Å². The van der Waals surface area contributed by atoms with Crippen LogP contribution in [-0.2, 0) is 25.6 Å². The quantitative estimate of drug-likeness (QED) is 0.267. The summed E-state index contributed by atoms with van der Waals surface area (Å²) >= 11 is 0. The molecule has 0 aliphatic heterocycles. The molecule has 0 unspecified atom stereocenters. The number of aliphatic carboxylic acids is 2. The number of carbonyl (C=O) groups is 4. The van der Waals surface area contributed by atoms with Crippen molar-refractivity contribution < 1.29 is 34.5 Å². The van der Waals surface area contributed by atoms with Crippen molar-refractivity contribution in [3.8, 4) is 0 Å². The van der Waals surface area contributed by atoms with Crippen LogP contribution in [-0.4, -0.2) is 63.8 Å². The predicted octanol–water partition coefficient (Wildman–Crippen LogP) is -1.53. The highest BCUT2D eigenvalue weighted by molar-refractivity contribution is 5.92. The van der Waals surface area contributed by atoms with Gasteiger partial charge in [-0.15, -0.1) is 0 Å². The normalized spacial score (nSPS) is 13.9. The molecule has 2 amide bonds. The van der Waals surface area contributed by atoms with Gasteiger partial charge in [-0.3, -0.25) is 14.4 Å². The van der Waals surface area contributed by atoms with Crippen LogP contribution in [0, 0.1) is 0 Å². The molecule has 1 aromatic rings. The maximum atomic E-state index is 12.2. The first-order chi connectivity index (χ1) is 12.7. The molecule has 27 heavy (non-hydrogen) atoms. The van der Waals surface area contributed by atoms with Crippen molar-refractivity contribution in [1.29, 1.82) is 0 Å². The molecule has 0 saturated carbocycles. The van der Waals surface area contributed by atoms with Gasteiger partial charge in [0.05, 0.1) is 12.6 Å². The van der Waals surface area contributed by atoms with Crippen molar-refractivity contribution in [3.63, 3.8) is 0 Å². The summed E-state index contributed by atoms with van der Waals surface area (Å²) in [6.07, 6.45) is -0.457. The lowest BCUT2D eigenvalue weighted by molar-refractivity contribution is -0.142. The Morgan fingerprint density at radius 3 is 2.07 bits per heavy atom. The number of nitrogens with two attached hydrogens (primary N) is 1. The van der Waals surface area contributed by atoms with Gasteiger partial charge >= 0.3 is 11.9 Å². The minimum absolute atomic E-state index is 0.0200. The van der Waals surface area contributed by atoms with E-state index in [-0.39, 0.29) is 19.3 Å². The van der Waals surface area contributed by atoms with Gasteiger partial charge in [-0.25, -0.2) is 4.79 Å². The van der Waals surface area contributed by atoms with Crippen molar-refractivity contribution >= 4 is 23.8 Å². The van der Waals surface area contributed by atoms with Crippen LogP contribution in [0.2, 0.25) is 0 Å². The van der Waals surface area contributed by atoms with E-state index in [1.54, 1.807) is 30.3 Å². The summed E-state index contributed by atoms with van der Waals surface area (Å²) in [6, 6.07) is 4.78. The van der Waals surface area contributed by atoms with Gasteiger partial charge in [0.1, 0.15) is 12.1 Å². The molecule has 0 saturated heterocycles. The Balaban J connectivity index is 2.67. The maximum absolute atomic E-state index is 12.2. The zero-order chi connectivity index (χ0) is 20.4. The fourth-order valence-electron chi connectivity index (χ4n) is 2.21. The predicted molar refractivity (Wildman–Crippen MR) is 93.6 cm³/mol. The summed E-state index contributed by atoms with van der Waals surface area (Å²) < 4.78 is 0. The number of amides is 2. The Labute approximate surface area is 155 Å². The molecule has 10 nitrogen and oxygen atoms in total. The molecule has 0 bridgehead atoms. The van der Waals surface area contributed by atoms with Gasteiger partial charge in [0.15, 0.2) is 0 Å². The first kappa shape index (κ1) is 22.1. The summed E-state index contributed by atoms with van der Waals surface area (Å²) in [5.41, 5.74) is 6.22. The van der Waals surface area contributed by atoms with E-state index >= 15 is 0 Å². The Morgan fingerprint density at radius 1 is 0.963 bits per heavy atom. The van der Waals surface area contributed by atoms with Crippen LogP contribution in [0.15, 0.2) is 30.3 Å². The topological polar surface area (TPSA) is 179 Å². The van der Waals surface area contributed by atoms with E-state index in [9.17, 15) is 29.4 Å². The van der Waals surface area contributed by atoms with E-state index < -0.39 is 48.5 Å². The van der Waals surface area contributed by atoms with Crippen molar-refractivity contribution in [3.05, 3.63) is 35.9 Å². The Morgan fingerprint density at radius 2 is 1.56 bits per heavy atom. The van der Waals surface area contributed by atoms with Crippen LogP contribution >= 0.6 is 0 Å². The molecule has 0 spiro atoms. The van der Waals surface area contributed by atoms with Gasteiger partial charge in [0.2, 0.25) is 11.8 Å². The van der Waals surface area contributed by atoms with Crippen LogP contribution in [0.1, 0.15) is 18.4 Å². The lowest BCUT2D eigenvalue weighted by Crippen LogP contribution is -2.56. The average molecular weight is 381 g/mol. The number of nitrogens with one attached hydrogen (secondary N) is 2. The molecule has 0 fully saturated rings. The summed E-state index contributed by atoms with van der Waals surface area (Å²) in [5.74, 6) is -4.10. The monoisotopic (exact) mass is 381 g/mol.